The molecule has 0 bridgehead atoms. The quantitative estimate of drug-likeness (QED) is 0.597. The van der Waals surface area contributed by atoms with Crippen LogP contribution in [0.2, 0.25) is 0 Å². The van der Waals surface area contributed by atoms with Crippen molar-refractivity contribution in [3.05, 3.63) is 26.1 Å². The first kappa shape index (κ1) is 9.76. The maximum atomic E-state index is 7.02. The van der Waals surface area contributed by atoms with E-state index in [0.29, 0.717) is 0 Å². The lowest BCUT2D eigenvalue weighted by molar-refractivity contribution is 0.606. The predicted octanol–water partition coefficient (Wildman–Crippen LogP) is 4.36. The van der Waals surface area contributed by atoms with E-state index in [-0.39, 0.29) is 5.41 Å². The van der Waals surface area contributed by atoms with Crippen molar-refractivity contribution in [1.82, 2.24) is 0 Å². The maximum Gasteiger partial charge on any atom is 0.215 e. The molecule has 3 heteroatoms. The van der Waals surface area contributed by atoms with Gasteiger partial charge in [-0.2, -0.15) is 11.3 Å². The van der Waals surface area contributed by atoms with Crippen LogP contribution in [0.15, 0.2) is 9.85 Å². The monoisotopic (exact) mass is 243 g/mol. The van der Waals surface area contributed by atoms with Gasteiger partial charge in [-0.25, -0.2) is 4.85 Å². The fraction of sp³-hybridized carbons (Fsp3) is 0.444. The van der Waals surface area contributed by atoms with E-state index in [1.54, 1.807) is 11.3 Å². The number of thiophene rings is 1. The summed E-state index contributed by atoms with van der Waals surface area (Å²) in [5.41, 5.74) is 0.851. The van der Waals surface area contributed by atoms with Crippen LogP contribution in [0.3, 0.4) is 0 Å². The van der Waals surface area contributed by atoms with Gasteiger partial charge in [0, 0.05) is 9.35 Å². The Hall–Kier alpha value is -0.330. The van der Waals surface area contributed by atoms with Gasteiger partial charge in [-0.15, -0.1) is 0 Å². The Morgan fingerprint density at radius 1 is 1.50 bits per heavy atom. The van der Waals surface area contributed by atoms with Crippen LogP contribution in [0.5, 0.6) is 0 Å². The van der Waals surface area contributed by atoms with Crippen LogP contribution in [0, 0.1) is 6.57 Å². The summed E-state index contributed by atoms with van der Waals surface area (Å²) >= 11 is 5.01. The van der Waals surface area contributed by atoms with Gasteiger partial charge in [0.25, 0.3) is 0 Å². The summed E-state index contributed by atoms with van der Waals surface area (Å²) in [4.78, 5) is 4.67. The average molecular weight is 244 g/mol. The van der Waals surface area contributed by atoms with E-state index in [0.717, 1.165) is 15.0 Å². The summed E-state index contributed by atoms with van der Waals surface area (Å²) in [5.74, 6) is 0. The first-order valence-electron chi connectivity index (χ1n) is 3.61. The maximum absolute atomic E-state index is 7.02. The van der Waals surface area contributed by atoms with Crippen LogP contribution >= 0.6 is 27.3 Å². The average Bonchev–Trinajstić information content (AvgIpc) is 2.29. The zero-order valence-electron chi connectivity index (χ0n) is 7.31. The first-order valence-corrected chi connectivity index (χ1v) is 5.29. The summed E-state index contributed by atoms with van der Waals surface area (Å²) < 4.78 is 0.924. The smallest absolute Gasteiger partial charge is 0.215 e. The fourth-order valence-corrected chi connectivity index (χ4v) is 2.62. The molecule has 0 aromatic carbocycles. The van der Waals surface area contributed by atoms with Crippen molar-refractivity contribution in [1.29, 1.82) is 0 Å². The molecule has 1 aromatic rings. The molecule has 0 aliphatic rings. The van der Waals surface area contributed by atoms with Crippen molar-refractivity contribution < 1.29 is 0 Å². The molecule has 0 spiro atoms. The van der Waals surface area contributed by atoms with Crippen LogP contribution in [0.4, 0.5) is 5.69 Å². The van der Waals surface area contributed by atoms with Crippen molar-refractivity contribution in [2.45, 2.75) is 26.2 Å². The molecule has 1 rings (SSSR count). The van der Waals surface area contributed by atoms with Crippen molar-refractivity contribution in [2.24, 2.45) is 0 Å². The molecule has 0 aliphatic carbocycles. The van der Waals surface area contributed by atoms with Crippen LogP contribution in [-0.4, -0.2) is 0 Å². The Morgan fingerprint density at radius 2 is 2.08 bits per heavy atom. The Labute approximate surface area is 85.4 Å². The minimum absolute atomic E-state index is 0.0799. The predicted molar refractivity (Wildman–Crippen MR) is 57.0 cm³/mol. The highest BCUT2D eigenvalue weighted by Crippen LogP contribution is 2.42. The molecule has 1 nitrogen and oxygen atoms in total. The number of halogens is 1. The van der Waals surface area contributed by atoms with Crippen LogP contribution in [0.25, 0.3) is 4.85 Å². The lowest BCUT2D eigenvalue weighted by Gasteiger charge is -2.16. The van der Waals surface area contributed by atoms with Gasteiger partial charge in [-0.3, -0.25) is 0 Å². The highest BCUT2D eigenvalue weighted by Gasteiger charge is 2.21. The summed E-state index contributed by atoms with van der Waals surface area (Å²) in [7, 11) is 0. The molecule has 0 saturated carbocycles. The lowest BCUT2D eigenvalue weighted by atomic mass is 9.94. The van der Waals surface area contributed by atoms with Crippen molar-refractivity contribution in [3.63, 3.8) is 0 Å². The second-order valence-electron chi connectivity index (χ2n) is 3.62. The van der Waals surface area contributed by atoms with Crippen LogP contribution in [-0.2, 0) is 5.41 Å². The summed E-state index contributed by atoms with van der Waals surface area (Å²) in [6, 6.07) is 0. The number of hydrogen-bond donors (Lipinski definition) is 0. The molecule has 0 aliphatic heterocycles. The van der Waals surface area contributed by atoms with E-state index >= 15 is 0 Å². The molecule has 0 amide bonds. The third kappa shape index (κ3) is 1.70. The summed E-state index contributed by atoms with van der Waals surface area (Å²) in [6.45, 7) is 13.4. The Balaban J connectivity index is 3.28. The van der Waals surface area contributed by atoms with Gasteiger partial charge in [0.05, 0.1) is 6.57 Å². The summed E-state index contributed by atoms with van der Waals surface area (Å²) in [6.07, 6.45) is 0. The zero-order valence-corrected chi connectivity index (χ0v) is 9.71. The molecular weight excluding hydrogens is 234 g/mol. The molecule has 64 valence electrons. The molecule has 0 unspecified atom stereocenters. The van der Waals surface area contributed by atoms with Gasteiger partial charge in [0.2, 0.25) is 5.69 Å². The molecule has 1 aromatic heterocycles. The van der Waals surface area contributed by atoms with Gasteiger partial charge in [0.1, 0.15) is 0 Å². The SMILES string of the molecule is [C-]#[N+]c1c(Br)csc1C(C)(C)C. The standard InChI is InChI=1S/C9H10BrNS/c1-9(2,3)8-7(11-4)6(10)5-12-8/h5H,1-3H3. The molecule has 0 radical (unpaired) electrons. The van der Waals surface area contributed by atoms with E-state index in [2.05, 4.69) is 41.5 Å². The second-order valence-corrected chi connectivity index (χ2v) is 5.36. The highest BCUT2D eigenvalue weighted by molar-refractivity contribution is 9.10. The third-order valence-corrected chi connectivity index (χ3v) is 3.82. The largest absolute Gasteiger partial charge is 0.236 e. The fourth-order valence-electron chi connectivity index (χ4n) is 0.967. The summed E-state index contributed by atoms with van der Waals surface area (Å²) in [5, 5.41) is 1.98. The Bertz CT molecular complexity index is 327. The zero-order chi connectivity index (χ0) is 9.35. The van der Waals surface area contributed by atoms with Gasteiger partial charge >= 0.3 is 0 Å². The molecule has 0 saturated heterocycles. The van der Waals surface area contributed by atoms with Crippen molar-refractivity contribution >= 4 is 33.0 Å². The van der Waals surface area contributed by atoms with E-state index in [1.807, 2.05) is 5.38 Å². The highest BCUT2D eigenvalue weighted by atomic mass is 79.9. The normalized spacial score (nSPS) is 11.2. The van der Waals surface area contributed by atoms with E-state index < -0.39 is 0 Å². The van der Waals surface area contributed by atoms with E-state index in [1.165, 1.54) is 0 Å². The molecule has 0 N–H and O–H groups in total. The van der Waals surface area contributed by atoms with Crippen molar-refractivity contribution in [3.8, 4) is 0 Å². The lowest BCUT2D eigenvalue weighted by Crippen LogP contribution is -2.08. The van der Waals surface area contributed by atoms with Crippen molar-refractivity contribution in [2.75, 3.05) is 0 Å². The molecule has 0 atom stereocenters. The number of hydrogen-bond acceptors (Lipinski definition) is 1. The molecular formula is C9H10BrNS. The topological polar surface area (TPSA) is 4.36 Å². The van der Waals surface area contributed by atoms with Crippen LogP contribution in [0.1, 0.15) is 25.6 Å². The molecule has 12 heavy (non-hydrogen) atoms. The van der Waals surface area contributed by atoms with Gasteiger partial charge in [0.15, 0.2) is 0 Å². The van der Waals surface area contributed by atoms with Gasteiger partial charge < -0.3 is 0 Å². The minimum atomic E-state index is 0.0799. The number of nitrogens with zero attached hydrogens (tertiary/aromatic N) is 1. The van der Waals surface area contributed by atoms with E-state index in [9.17, 15) is 0 Å². The third-order valence-electron chi connectivity index (χ3n) is 1.51. The van der Waals surface area contributed by atoms with Gasteiger partial charge in [-0.05, 0) is 10.8 Å². The molecule has 1 heterocycles. The molecule has 0 fully saturated rings. The van der Waals surface area contributed by atoms with Crippen LogP contribution < -0.4 is 0 Å². The second kappa shape index (κ2) is 3.20. The number of rotatable bonds is 0. The minimum Gasteiger partial charge on any atom is -0.236 e. The first-order chi connectivity index (χ1) is 5.46. The van der Waals surface area contributed by atoms with E-state index in [4.69, 9.17) is 6.57 Å². The Kier molecular flexibility index (Phi) is 2.60. The Morgan fingerprint density at radius 3 is 2.42 bits per heavy atom. The van der Waals surface area contributed by atoms with Gasteiger partial charge in [-0.1, -0.05) is 36.7 Å².